The summed E-state index contributed by atoms with van der Waals surface area (Å²) in [7, 11) is 0. The topological polar surface area (TPSA) is 136 Å². The molecule has 1 aromatic rings. The van der Waals surface area contributed by atoms with E-state index >= 15 is 0 Å². The molecule has 7 nitrogen and oxygen atoms in total. The van der Waals surface area contributed by atoms with E-state index in [1.165, 1.54) is 6.07 Å². The predicted molar refractivity (Wildman–Crippen MR) is 62.5 cm³/mol. The zero-order valence-electron chi connectivity index (χ0n) is 8.71. The van der Waals surface area contributed by atoms with Crippen molar-refractivity contribution in [2.45, 2.75) is 12.2 Å². The zero-order chi connectivity index (χ0) is 13.2. The number of nitrogen functional groups attached to an aromatic ring is 1. The fourth-order valence-electron chi connectivity index (χ4n) is 1.36. The molecule has 0 aliphatic heterocycles. The number of hydrogen-bond acceptors (Lipinski definition) is 6. The van der Waals surface area contributed by atoms with E-state index in [1.54, 1.807) is 0 Å². The molecule has 0 heterocycles. The Morgan fingerprint density at radius 3 is 2.53 bits per heavy atom. The molecule has 1 aromatic carbocycles. The summed E-state index contributed by atoms with van der Waals surface area (Å²) >= 11 is 5.67. The molecule has 0 aliphatic rings. The molecule has 6 N–H and O–H groups in total. The third kappa shape index (κ3) is 2.83. The van der Waals surface area contributed by atoms with E-state index in [4.69, 9.17) is 23.1 Å². The molecular formula is C9H12ClN3O4. The number of anilines is 1. The van der Waals surface area contributed by atoms with Crippen molar-refractivity contribution >= 4 is 23.0 Å². The average molecular weight is 262 g/mol. The summed E-state index contributed by atoms with van der Waals surface area (Å²) in [4.78, 5) is 9.97. The van der Waals surface area contributed by atoms with Crippen molar-refractivity contribution in [1.82, 2.24) is 0 Å². The van der Waals surface area contributed by atoms with Crippen LogP contribution in [0.25, 0.3) is 0 Å². The van der Waals surface area contributed by atoms with Crippen molar-refractivity contribution in [3.8, 4) is 0 Å². The molecule has 8 heteroatoms. The molecule has 94 valence electrons. The highest BCUT2D eigenvalue weighted by Crippen LogP contribution is 2.34. The van der Waals surface area contributed by atoms with Crippen molar-refractivity contribution in [2.24, 2.45) is 5.73 Å². The van der Waals surface area contributed by atoms with Crippen LogP contribution in [0.1, 0.15) is 11.7 Å². The van der Waals surface area contributed by atoms with Gasteiger partial charge in [-0.15, -0.1) is 0 Å². The van der Waals surface area contributed by atoms with E-state index in [0.29, 0.717) is 0 Å². The normalized spacial score (nSPS) is 14.4. The molecule has 0 saturated heterocycles. The molecule has 2 unspecified atom stereocenters. The van der Waals surface area contributed by atoms with Gasteiger partial charge in [-0.25, -0.2) is 0 Å². The summed E-state index contributed by atoms with van der Waals surface area (Å²) in [6.45, 7) is -0.207. The van der Waals surface area contributed by atoms with E-state index in [2.05, 4.69) is 0 Å². The van der Waals surface area contributed by atoms with Crippen LogP contribution in [0, 0.1) is 10.1 Å². The Balaban J connectivity index is 3.29. The predicted octanol–water partition coefficient (Wildman–Crippen LogP) is 0.183. The molecule has 0 aliphatic carbocycles. The number of nitrogens with zero attached hydrogens (tertiary/aromatic N) is 1. The first-order chi connectivity index (χ1) is 7.88. The minimum Gasteiger partial charge on any atom is -0.393 e. The summed E-state index contributed by atoms with van der Waals surface area (Å²) in [6, 6.07) is 2.33. The summed E-state index contributed by atoms with van der Waals surface area (Å²) in [5, 5.41) is 29.8. The first-order valence-corrected chi connectivity index (χ1v) is 5.05. The van der Waals surface area contributed by atoms with E-state index in [9.17, 15) is 20.3 Å². The molecular weight excluding hydrogens is 250 g/mol. The quantitative estimate of drug-likeness (QED) is 0.347. The SMILES string of the molecule is NCC(O)C(O)c1cc(Cl)cc([N+](=O)[O-])c1N. The van der Waals surface area contributed by atoms with E-state index in [-0.39, 0.29) is 22.8 Å². The van der Waals surface area contributed by atoms with Crippen LogP contribution in [0.4, 0.5) is 11.4 Å². The van der Waals surface area contributed by atoms with Gasteiger partial charge in [0, 0.05) is 23.2 Å². The Labute approximate surface area is 102 Å². The zero-order valence-corrected chi connectivity index (χ0v) is 9.46. The van der Waals surface area contributed by atoms with Crippen LogP contribution < -0.4 is 11.5 Å². The van der Waals surface area contributed by atoms with E-state index < -0.39 is 22.8 Å². The second-order valence-electron chi connectivity index (χ2n) is 3.43. The van der Waals surface area contributed by atoms with Crippen molar-refractivity contribution in [2.75, 3.05) is 12.3 Å². The van der Waals surface area contributed by atoms with Crippen molar-refractivity contribution in [1.29, 1.82) is 0 Å². The molecule has 0 radical (unpaired) electrons. The van der Waals surface area contributed by atoms with Gasteiger partial charge in [-0.2, -0.15) is 0 Å². The first kappa shape index (κ1) is 13.7. The largest absolute Gasteiger partial charge is 0.393 e. The molecule has 0 fully saturated rings. The fraction of sp³-hybridized carbons (Fsp3) is 0.333. The van der Waals surface area contributed by atoms with Gasteiger partial charge in [-0.05, 0) is 6.07 Å². The number of aliphatic hydroxyl groups excluding tert-OH is 2. The number of nitro benzene ring substituents is 1. The second kappa shape index (κ2) is 5.28. The van der Waals surface area contributed by atoms with Gasteiger partial charge in [0.1, 0.15) is 11.8 Å². The minimum absolute atomic E-state index is 0.0119. The third-order valence-electron chi connectivity index (χ3n) is 2.28. The van der Waals surface area contributed by atoms with Crippen LogP contribution in [0.3, 0.4) is 0 Å². The number of halogens is 1. The standard InChI is InChI=1S/C9H12ClN3O4/c10-4-1-5(9(15)7(14)3-11)8(12)6(2-4)13(16)17/h1-2,7,9,14-15H,3,11-12H2. The minimum atomic E-state index is -1.42. The molecule has 0 bridgehead atoms. The summed E-state index contributed by atoms with van der Waals surface area (Å²) in [5.41, 5.74) is 10.0. The Morgan fingerprint density at radius 1 is 1.47 bits per heavy atom. The van der Waals surface area contributed by atoms with Crippen LogP contribution in [-0.4, -0.2) is 27.8 Å². The van der Waals surface area contributed by atoms with Crippen molar-refractivity contribution in [3.05, 3.63) is 32.8 Å². The molecule has 0 amide bonds. The number of hydrogen-bond donors (Lipinski definition) is 4. The van der Waals surface area contributed by atoms with E-state index in [1.807, 2.05) is 0 Å². The second-order valence-corrected chi connectivity index (χ2v) is 3.87. The molecule has 17 heavy (non-hydrogen) atoms. The van der Waals surface area contributed by atoms with Crippen LogP contribution in [0.2, 0.25) is 5.02 Å². The highest BCUT2D eigenvalue weighted by Gasteiger charge is 2.25. The average Bonchev–Trinajstić information content (AvgIpc) is 2.29. The lowest BCUT2D eigenvalue weighted by molar-refractivity contribution is -0.384. The maximum Gasteiger partial charge on any atom is 0.293 e. The van der Waals surface area contributed by atoms with Crippen LogP contribution >= 0.6 is 11.6 Å². The Morgan fingerprint density at radius 2 is 2.06 bits per heavy atom. The summed E-state index contributed by atoms with van der Waals surface area (Å²) in [6.07, 6.45) is -2.69. The highest BCUT2D eigenvalue weighted by atomic mass is 35.5. The number of benzene rings is 1. The number of nitrogens with two attached hydrogens (primary N) is 2. The lowest BCUT2D eigenvalue weighted by Crippen LogP contribution is -2.27. The molecule has 0 saturated carbocycles. The van der Waals surface area contributed by atoms with Gasteiger partial charge in [0.15, 0.2) is 0 Å². The van der Waals surface area contributed by atoms with E-state index in [0.717, 1.165) is 6.07 Å². The van der Waals surface area contributed by atoms with Crippen LogP contribution in [-0.2, 0) is 0 Å². The maximum atomic E-state index is 10.7. The molecule has 1 rings (SSSR count). The number of rotatable bonds is 4. The lowest BCUT2D eigenvalue weighted by Gasteiger charge is -2.18. The summed E-state index contributed by atoms with van der Waals surface area (Å²) in [5.74, 6) is 0. The van der Waals surface area contributed by atoms with Gasteiger partial charge in [0.2, 0.25) is 0 Å². The summed E-state index contributed by atoms with van der Waals surface area (Å²) < 4.78 is 0. The van der Waals surface area contributed by atoms with Gasteiger partial charge in [-0.3, -0.25) is 10.1 Å². The molecule has 0 aromatic heterocycles. The highest BCUT2D eigenvalue weighted by molar-refractivity contribution is 6.31. The maximum absolute atomic E-state index is 10.7. The molecule has 0 spiro atoms. The first-order valence-electron chi connectivity index (χ1n) is 4.68. The van der Waals surface area contributed by atoms with Gasteiger partial charge in [0.05, 0.1) is 11.0 Å². The van der Waals surface area contributed by atoms with Crippen molar-refractivity contribution < 1.29 is 15.1 Å². The van der Waals surface area contributed by atoms with Crippen LogP contribution in [0.15, 0.2) is 12.1 Å². The fourth-order valence-corrected chi connectivity index (χ4v) is 1.58. The molecule has 2 atom stereocenters. The van der Waals surface area contributed by atoms with Gasteiger partial charge >= 0.3 is 0 Å². The Bertz CT molecular complexity index is 440. The van der Waals surface area contributed by atoms with Gasteiger partial charge in [0.25, 0.3) is 5.69 Å². The lowest BCUT2D eigenvalue weighted by atomic mass is 10.0. The monoisotopic (exact) mass is 261 g/mol. The number of aliphatic hydroxyl groups is 2. The van der Waals surface area contributed by atoms with Gasteiger partial charge in [-0.1, -0.05) is 11.6 Å². The number of nitro groups is 1. The van der Waals surface area contributed by atoms with Crippen molar-refractivity contribution in [3.63, 3.8) is 0 Å². The van der Waals surface area contributed by atoms with Crippen LogP contribution in [0.5, 0.6) is 0 Å². The Hall–Kier alpha value is -1.41. The van der Waals surface area contributed by atoms with Gasteiger partial charge < -0.3 is 21.7 Å². The smallest absolute Gasteiger partial charge is 0.293 e. The Kier molecular flexibility index (Phi) is 4.24. The third-order valence-corrected chi connectivity index (χ3v) is 2.49.